The minimum Gasteiger partial charge on any atom is -0.448 e. The van der Waals surface area contributed by atoms with Crippen LogP contribution in [0.25, 0.3) is 0 Å². The minimum absolute atomic E-state index is 0.0490. The number of aliphatic hydroxyl groups excluding tert-OH is 1. The Hall–Kier alpha value is -1.12. The van der Waals surface area contributed by atoms with Gasteiger partial charge in [-0.1, -0.05) is 0 Å². The molecule has 2 N–H and O–H groups in total. The predicted octanol–water partition coefficient (Wildman–Crippen LogP) is -1.05. The van der Waals surface area contributed by atoms with Crippen molar-refractivity contribution >= 4 is 15.9 Å². The Morgan fingerprint density at radius 3 is 2.83 bits per heavy atom. The highest BCUT2D eigenvalue weighted by Crippen LogP contribution is 2.07. The fraction of sp³-hybridized carbons (Fsp3) is 0.700. The summed E-state index contributed by atoms with van der Waals surface area (Å²) in [5.74, 6) is -0.119. The molecule has 104 valence electrons. The molecule has 1 heterocycles. The summed E-state index contributed by atoms with van der Waals surface area (Å²) in [5.41, 5.74) is 0. The number of aliphatic hydroxyl groups is 1. The monoisotopic (exact) mass is 278 g/mol. The molecule has 1 rings (SSSR count). The van der Waals surface area contributed by atoms with Crippen molar-refractivity contribution in [2.45, 2.75) is 6.04 Å². The van der Waals surface area contributed by atoms with Crippen LogP contribution < -0.4 is 5.32 Å². The number of likely N-dealkylation sites (N-methyl/N-ethyl adjacent to an activating group) is 1. The van der Waals surface area contributed by atoms with Gasteiger partial charge in [0, 0.05) is 18.5 Å². The second-order valence-corrected chi connectivity index (χ2v) is 6.00. The summed E-state index contributed by atoms with van der Waals surface area (Å²) in [6, 6.07) is -0.516. The number of carbonyl (C=O) groups excluding carboxylic acids is 1. The first-order chi connectivity index (χ1) is 8.43. The zero-order valence-electron chi connectivity index (χ0n) is 10.2. The highest BCUT2D eigenvalue weighted by Gasteiger charge is 2.23. The summed E-state index contributed by atoms with van der Waals surface area (Å²) in [6.45, 7) is 1.25. The molecule has 0 aromatic rings. The lowest BCUT2D eigenvalue weighted by Gasteiger charge is -2.15. The Morgan fingerprint density at radius 2 is 2.28 bits per heavy atom. The minimum atomic E-state index is -3.17. The molecule has 7 nitrogen and oxygen atoms in total. The van der Waals surface area contributed by atoms with Gasteiger partial charge in [0.05, 0.1) is 18.4 Å². The first-order valence-electron chi connectivity index (χ1n) is 5.56. The molecule has 0 aliphatic carbocycles. The number of hydrogen-bond donors (Lipinski definition) is 2. The van der Waals surface area contributed by atoms with Crippen LogP contribution in [0.5, 0.6) is 0 Å². The van der Waals surface area contributed by atoms with Crippen LogP contribution >= 0.6 is 0 Å². The Balaban J connectivity index is 2.17. The third kappa shape index (κ3) is 5.48. The maximum Gasteiger partial charge on any atom is 0.407 e. The zero-order valence-corrected chi connectivity index (χ0v) is 11.0. The van der Waals surface area contributed by atoms with E-state index in [1.54, 1.807) is 7.05 Å². The maximum atomic E-state index is 11.3. The van der Waals surface area contributed by atoms with Crippen molar-refractivity contribution in [1.82, 2.24) is 10.2 Å². The lowest BCUT2D eigenvalue weighted by atomic mass is 10.3. The highest BCUT2D eigenvalue weighted by molar-refractivity contribution is 7.94. The van der Waals surface area contributed by atoms with E-state index < -0.39 is 22.0 Å². The average Bonchev–Trinajstić information content (AvgIpc) is 2.58. The molecule has 1 atom stereocenters. The summed E-state index contributed by atoms with van der Waals surface area (Å²) in [4.78, 5) is 13.1. The van der Waals surface area contributed by atoms with E-state index in [-0.39, 0.29) is 19.0 Å². The molecule has 0 radical (unpaired) electrons. The van der Waals surface area contributed by atoms with Crippen molar-refractivity contribution in [3.05, 3.63) is 11.5 Å². The van der Waals surface area contributed by atoms with Gasteiger partial charge in [-0.2, -0.15) is 0 Å². The van der Waals surface area contributed by atoms with Crippen LogP contribution in [-0.2, 0) is 14.6 Å². The third-order valence-corrected chi connectivity index (χ3v) is 3.82. The van der Waals surface area contributed by atoms with Gasteiger partial charge in [0.15, 0.2) is 9.84 Å². The van der Waals surface area contributed by atoms with Gasteiger partial charge in [0.1, 0.15) is 6.61 Å². The molecule has 0 aromatic carbocycles. The second kappa shape index (κ2) is 6.72. The molecular weight excluding hydrogens is 260 g/mol. The van der Waals surface area contributed by atoms with Gasteiger partial charge < -0.3 is 20.1 Å². The van der Waals surface area contributed by atoms with Gasteiger partial charge >= 0.3 is 6.09 Å². The van der Waals surface area contributed by atoms with Crippen molar-refractivity contribution in [3.63, 3.8) is 0 Å². The van der Waals surface area contributed by atoms with Crippen LogP contribution in [0.1, 0.15) is 0 Å². The number of ether oxygens (including phenoxy) is 1. The largest absolute Gasteiger partial charge is 0.448 e. The summed E-state index contributed by atoms with van der Waals surface area (Å²) >= 11 is 0. The summed E-state index contributed by atoms with van der Waals surface area (Å²) in [5, 5.41) is 12.2. The van der Waals surface area contributed by atoms with E-state index in [4.69, 9.17) is 9.84 Å². The lowest BCUT2D eigenvalue weighted by Crippen LogP contribution is -2.37. The number of amides is 1. The molecule has 0 spiro atoms. The van der Waals surface area contributed by atoms with E-state index in [1.165, 1.54) is 6.08 Å². The maximum absolute atomic E-state index is 11.3. The van der Waals surface area contributed by atoms with E-state index >= 15 is 0 Å². The Bertz CT molecular complexity index is 406. The quantitative estimate of drug-likeness (QED) is 0.643. The van der Waals surface area contributed by atoms with Crippen molar-refractivity contribution in [2.75, 3.05) is 39.1 Å². The second-order valence-electron chi connectivity index (χ2n) is 4.07. The number of alkyl carbamates (subject to hydrolysis) is 1. The Morgan fingerprint density at radius 1 is 1.56 bits per heavy atom. The summed E-state index contributed by atoms with van der Waals surface area (Å²) < 4.78 is 27.1. The average molecular weight is 278 g/mol. The molecular formula is C10H18N2O5S. The molecule has 18 heavy (non-hydrogen) atoms. The first-order valence-corrected chi connectivity index (χ1v) is 7.28. The molecule has 1 aliphatic rings. The Kier molecular flexibility index (Phi) is 5.57. The lowest BCUT2D eigenvalue weighted by molar-refractivity contribution is 0.126. The van der Waals surface area contributed by atoms with Crippen LogP contribution in [0.4, 0.5) is 4.79 Å². The van der Waals surface area contributed by atoms with Crippen molar-refractivity contribution in [2.24, 2.45) is 0 Å². The molecule has 1 aliphatic heterocycles. The normalized spacial score (nSPS) is 21.2. The summed E-state index contributed by atoms with van der Waals surface area (Å²) in [6.07, 6.45) is 0.785. The van der Waals surface area contributed by atoms with Crippen LogP contribution in [0.3, 0.4) is 0 Å². The number of nitrogens with zero attached hydrogens (tertiary/aromatic N) is 1. The molecule has 0 fully saturated rings. The molecule has 0 saturated carbocycles. The summed E-state index contributed by atoms with van der Waals surface area (Å²) in [7, 11) is -1.37. The van der Waals surface area contributed by atoms with E-state index in [0.717, 1.165) is 5.41 Å². The zero-order chi connectivity index (χ0) is 13.6. The smallest absolute Gasteiger partial charge is 0.407 e. The molecule has 0 aromatic heterocycles. The van der Waals surface area contributed by atoms with Crippen LogP contribution in [-0.4, -0.2) is 69.7 Å². The van der Waals surface area contributed by atoms with Gasteiger partial charge in [0.25, 0.3) is 0 Å². The fourth-order valence-corrected chi connectivity index (χ4v) is 2.67. The van der Waals surface area contributed by atoms with Crippen LogP contribution in [0.15, 0.2) is 11.5 Å². The fourth-order valence-electron chi connectivity index (χ4n) is 1.44. The van der Waals surface area contributed by atoms with Crippen molar-refractivity contribution in [3.8, 4) is 0 Å². The van der Waals surface area contributed by atoms with Gasteiger partial charge in [-0.3, -0.25) is 0 Å². The molecule has 0 unspecified atom stereocenters. The number of hydrogen-bond acceptors (Lipinski definition) is 6. The van der Waals surface area contributed by atoms with E-state index in [1.807, 2.05) is 4.90 Å². The number of rotatable bonds is 6. The van der Waals surface area contributed by atoms with Gasteiger partial charge in [-0.05, 0) is 13.1 Å². The predicted molar refractivity (Wildman–Crippen MR) is 65.8 cm³/mol. The van der Waals surface area contributed by atoms with Gasteiger partial charge in [-0.25, -0.2) is 13.2 Å². The third-order valence-electron chi connectivity index (χ3n) is 2.42. The molecule has 0 bridgehead atoms. The molecule has 1 amide bonds. The Labute approximate surface area is 106 Å². The van der Waals surface area contributed by atoms with Crippen molar-refractivity contribution in [1.29, 1.82) is 0 Å². The number of nitrogens with one attached hydrogen (secondary N) is 1. The standard InChI is InChI=1S/C10H18N2O5S/c1-12(3-5-13)4-6-17-10(14)11-9-2-7-18(15,16)8-9/h2,7,9,13H,3-6,8H2,1H3,(H,11,14)/t9-/m1/s1. The van der Waals surface area contributed by atoms with E-state index in [9.17, 15) is 13.2 Å². The van der Waals surface area contributed by atoms with Crippen LogP contribution in [0.2, 0.25) is 0 Å². The van der Waals surface area contributed by atoms with E-state index in [2.05, 4.69) is 5.32 Å². The molecule has 8 heteroatoms. The SMILES string of the molecule is CN(CCO)CCOC(=O)N[C@@H]1C=CS(=O)(=O)C1. The van der Waals surface area contributed by atoms with Crippen molar-refractivity contribution < 1.29 is 23.1 Å². The topological polar surface area (TPSA) is 95.9 Å². The first kappa shape index (κ1) is 14.9. The molecule has 0 saturated heterocycles. The van der Waals surface area contributed by atoms with Gasteiger partial charge in [0.2, 0.25) is 0 Å². The number of carbonyl (C=O) groups is 1. The highest BCUT2D eigenvalue weighted by atomic mass is 32.2. The number of sulfone groups is 1. The van der Waals surface area contributed by atoms with E-state index in [0.29, 0.717) is 13.1 Å². The van der Waals surface area contributed by atoms with Gasteiger partial charge in [-0.15, -0.1) is 0 Å². The van der Waals surface area contributed by atoms with Crippen LogP contribution in [0, 0.1) is 0 Å².